The second-order valence-electron chi connectivity index (χ2n) is 7.06. The molecule has 3 fully saturated rings. The quantitative estimate of drug-likeness (QED) is 0.693. The average Bonchev–Trinajstić information content (AvgIpc) is 3.33. The summed E-state index contributed by atoms with van der Waals surface area (Å²) in [5.74, 6) is 0. The number of hydrogen-bond donors (Lipinski definition) is 1. The lowest BCUT2D eigenvalue weighted by Crippen LogP contribution is -2.45. The molecule has 0 bridgehead atoms. The van der Waals surface area contributed by atoms with E-state index in [9.17, 15) is 0 Å². The SMILES string of the molecule is COCCN(CC1(CNC2CC2)CCCC1)C1CC1. The van der Waals surface area contributed by atoms with Gasteiger partial charge in [0.15, 0.2) is 0 Å². The standard InChI is InChI=1S/C16H30N2O/c1-19-11-10-18(15-6-7-15)13-16(8-2-3-9-16)12-17-14-4-5-14/h14-15,17H,2-13H2,1H3. The first kappa shape index (κ1) is 13.8. The third-order valence-electron chi connectivity index (χ3n) is 5.19. The van der Waals surface area contributed by atoms with Gasteiger partial charge in [-0.1, -0.05) is 12.8 Å². The summed E-state index contributed by atoms with van der Waals surface area (Å²) in [5.41, 5.74) is 0.568. The number of nitrogens with zero attached hydrogens (tertiary/aromatic N) is 1. The van der Waals surface area contributed by atoms with Crippen LogP contribution in [0.3, 0.4) is 0 Å². The summed E-state index contributed by atoms with van der Waals surface area (Å²) >= 11 is 0. The molecular formula is C16H30N2O. The average molecular weight is 266 g/mol. The molecule has 0 heterocycles. The van der Waals surface area contributed by atoms with Crippen molar-refractivity contribution >= 4 is 0 Å². The molecule has 3 nitrogen and oxygen atoms in total. The van der Waals surface area contributed by atoms with Crippen LogP contribution in [0.25, 0.3) is 0 Å². The van der Waals surface area contributed by atoms with Crippen LogP contribution in [-0.4, -0.2) is 50.3 Å². The number of methoxy groups -OCH3 is 1. The van der Waals surface area contributed by atoms with E-state index in [0.717, 1.165) is 25.2 Å². The van der Waals surface area contributed by atoms with Crippen LogP contribution in [0.15, 0.2) is 0 Å². The zero-order valence-corrected chi connectivity index (χ0v) is 12.5. The van der Waals surface area contributed by atoms with Crippen molar-refractivity contribution < 1.29 is 4.74 Å². The van der Waals surface area contributed by atoms with Crippen molar-refractivity contribution in [3.8, 4) is 0 Å². The Morgan fingerprint density at radius 1 is 1.16 bits per heavy atom. The van der Waals surface area contributed by atoms with Gasteiger partial charge in [-0.2, -0.15) is 0 Å². The van der Waals surface area contributed by atoms with Gasteiger partial charge in [-0.05, 0) is 43.9 Å². The minimum Gasteiger partial charge on any atom is -0.383 e. The summed E-state index contributed by atoms with van der Waals surface area (Å²) in [6, 6.07) is 1.72. The van der Waals surface area contributed by atoms with E-state index in [4.69, 9.17) is 4.74 Å². The van der Waals surface area contributed by atoms with Gasteiger partial charge in [-0.3, -0.25) is 4.90 Å². The molecule has 0 aromatic rings. The van der Waals surface area contributed by atoms with Crippen LogP contribution in [0.4, 0.5) is 0 Å². The van der Waals surface area contributed by atoms with Gasteiger partial charge >= 0.3 is 0 Å². The molecule has 3 rings (SSSR count). The highest BCUT2D eigenvalue weighted by Gasteiger charge is 2.40. The Hall–Kier alpha value is -0.120. The van der Waals surface area contributed by atoms with Crippen molar-refractivity contribution in [3.63, 3.8) is 0 Å². The van der Waals surface area contributed by atoms with E-state index in [1.165, 1.54) is 64.5 Å². The second kappa shape index (κ2) is 6.11. The van der Waals surface area contributed by atoms with E-state index in [-0.39, 0.29) is 0 Å². The molecule has 0 aromatic heterocycles. The highest BCUT2D eigenvalue weighted by molar-refractivity contribution is 4.95. The van der Waals surface area contributed by atoms with Crippen LogP contribution in [0.5, 0.6) is 0 Å². The Kier molecular flexibility index (Phi) is 4.45. The Balaban J connectivity index is 1.54. The predicted octanol–water partition coefficient (Wildman–Crippen LogP) is 2.41. The van der Waals surface area contributed by atoms with Crippen molar-refractivity contribution in [1.29, 1.82) is 0 Å². The predicted molar refractivity (Wildman–Crippen MR) is 78.4 cm³/mol. The number of nitrogens with one attached hydrogen (secondary N) is 1. The smallest absolute Gasteiger partial charge is 0.0589 e. The molecule has 3 saturated carbocycles. The summed E-state index contributed by atoms with van der Waals surface area (Å²) in [5, 5.41) is 3.80. The Morgan fingerprint density at radius 2 is 1.89 bits per heavy atom. The van der Waals surface area contributed by atoms with Gasteiger partial charge in [0.1, 0.15) is 0 Å². The van der Waals surface area contributed by atoms with E-state index < -0.39 is 0 Å². The molecule has 0 amide bonds. The van der Waals surface area contributed by atoms with Gasteiger partial charge in [0.05, 0.1) is 6.61 Å². The van der Waals surface area contributed by atoms with E-state index in [1.807, 2.05) is 7.11 Å². The maximum atomic E-state index is 5.30. The minimum atomic E-state index is 0.568. The third kappa shape index (κ3) is 3.93. The summed E-state index contributed by atoms with van der Waals surface area (Å²) < 4.78 is 5.30. The van der Waals surface area contributed by atoms with Crippen molar-refractivity contribution in [3.05, 3.63) is 0 Å². The largest absolute Gasteiger partial charge is 0.383 e. The Morgan fingerprint density at radius 3 is 2.47 bits per heavy atom. The van der Waals surface area contributed by atoms with E-state index in [2.05, 4.69) is 10.2 Å². The Bertz CT molecular complexity index is 280. The van der Waals surface area contributed by atoms with Gasteiger partial charge in [-0.25, -0.2) is 0 Å². The van der Waals surface area contributed by atoms with Gasteiger partial charge < -0.3 is 10.1 Å². The Labute approximate surface area is 118 Å². The molecule has 0 spiro atoms. The first-order valence-electron chi connectivity index (χ1n) is 8.28. The number of hydrogen-bond acceptors (Lipinski definition) is 3. The molecule has 0 unspecified atom stereocenters. The van der Waals surface area contributed by atoms with E-state index in [0.29, 0.717) is 5.41 Å². The van der Waals surface area contributed by atoms with Crippen LogP contribution >= 0.6 is 0 Å². The van der Waals surface area contributed by atoms with Crippen LogP contribution in [0, 0.1) is 5.41 Å². The molecule has 1 N–H and O–H groups in total. The molecule has 3 aliphatic carbocycles. The zero-order chi connectivity index (χ0) is 13.1. The molecule has 3 heteroatoms. The number of ether oxygens (including phenoxy) is 1. The second-order valence-corrected chi connectivity index (χ2v) is 7.06. The van der Waals surface area contributed by atoms with Gasteiger partial charge in [-0.15, -0.1) is 0 Å². The molecule has 0 aliphatic heterocycles. The van der Waals surface area contributed by atoms with Crippen molar-refractivity contribution in [2.24, 2.45) is 5.41 Å². The molecule has 3 aliphatic rings. The summed E-state index contributed by atoms with van der Waals surface area (Å²) in [4.78, 5) is 2.73. The van der Waals surface area contributed by atoms with Crippen LogP contribution in [0.2, 0.25) is 0 Å². The summed E-state index contributed by atoms with van der Waals surface area (Å²) in [6.45, 7) is 4.59. The lowest BCUT2D eigenvalue weighted by Gasteiger charge is -2.36. The van der Waals surface area contributed by atoms with E-state index >= 15 is 0 Å². The van der Waals surface area contributed by atoms with Gasteiger partial charge in [0, 0.05) is 38.8 Å². The first-order valence-corrected chi connectivity index (χ1v) is 8.28. The van der Waals surface area contributed by atoms with Gasteiger partial charge in [0.2, 0.25) is 0 Å². The maximum Gasteiger partial charge on any atom is 0.0589 e. The fourth-order valence-electron chi connectivity index (χ4n) is 3.63. The highest BCUT2D eigenvalue weighted by Crippen LogP contribution is 2.41. The molecular weight excluding hydrogens is 236 g/mol. The van der Waals surface area contributed by atoms with Crippen LogP contribution < -0.4 is 5.32 Å². The minimum absolute atomic E-state index is 0.568. The lowest BCUT2D eigenvalue weighted by atomic mass is 9.85. The fraction of sp³-hybridized carbons (Fsp3) is 1.00. The lowest BCUT2D eigenvalue weighted by molar-refractivity contribution is 0.0997. The summed E-state index contributed by atoms with van der Waals surface area (Å²) in [7, 11) is 1.82. The third-order valence-corrected chi connectivity index (χ3v) is 5.19. The monoisotopic (exact) mass is 266 g/mol. The molecule has 0 saturated heterocycles. The topological polar surface area (TPSA) is 24.5 Å². The highest BCUT2D eigenvalue weighted by atomic mass is 16.5. The molecule has 110 valence electrons. The normalized spacial score (nSPS) is 26.2. The zero-order valence-electron chi connectivity index (χ0n) is 12.5. The first-order chi connectivity index (χ1) is 9.31. The molecule has 0 atom stereocenters. The summed E-state index contributed by atoms with van der Waals surface area (Å²) in [6.07, 6.45) is 11.4. The van der Waals surface area contributed by atoms with Gasteiger partial charge in [0.25, 0.3) is 0 Å². The van der Waals surface area contributed by atoms with Crippen molar-refractivity contribution in [2.75, 3.05) is 33.4 Å². The maximum absolute atomic E-state index is 5.30. The fourth-order valence-corrected chi connectivity index (χ4v) is 3.63. The van der Waals surface area contributed by atoms with Crippen molar-refractivity contribution in [1.82, 2.24) is 10.2 Å². The molecule has 0 radical (unpaired) electrons. The van der Waals surface area contributed by atoms with Crippen LogP contribution in [0.1, 0.15) is 51.4 Å². The van der Waals surface area contributed by atoms with Crippen molar-refractivity contribution in [2.45, 2.75) is 63.5 Å². The molecule has 0 aromatic carbocycles. The van der Waals surface area contributed by atoms with E-state index in [1.54, 1.807) is 0 Å². The molecule has 19 heavy (non-hydrogen) atoms. The van der Waals surface area contributed by atoms with Crippen LogP contribution in [-0.2, 0) is 4.74 Å². The number of rotatable bonds is 9.